The summed E-state index contributed by atoms with van der Waals surface area (Å²) in [4.78, 5) is 3.97. The Morgan fingerprint density at radius 1 is 1.29 bits per heavy atom. The Morgan fingerprint density at radius 3 is 2.71 bits per heavy atom. The fourth-order valence-electron chi connectivity index (χ4n) is 1.61. The van der Waals surface area contributed by atoms with Crippen LogP contribution in [0.15, 0.2) is 41.1 Å². The highest BCUT2D eigenvalue weighted by atomic mass is 79.9. The number of rotatable bonds is 2. The van der Waals surface area contributed by atoms with Crippen molar-refractivity contribution in [3.05, 3.63) is 58.1 Å². The minimum absolute atomic E-state index is 0.340. The predicted octanol–water partition coefficient (Wildman–Crippen LogP) is 2.61. The molecule has 0 fully saturated rings. The molecule has 17 heavy (non-hydrogen) atoms. The molecule has 2 rings (SSSR count). The summed E-state index contributed by atoms with van der Waals surface area (Å²) in [6.07, 6.45) is 3.19. The Balaban J connectivity index is 2.43. The van der Waals surface area contributed by atoms with Gasteiger partial charge in [0.2, 0.25) is 0 Å². The van der Waals surface area contributed by atoms with Gasteiger partial charge in [0, 0.05) is 28.1 Å². The maximum atomic E-state index is 13.3. The second-order valence-corrected chi connectivity index (χ2v) is 4.60. The van der Waals surface area contributed by atoms with Crippen molar-refractivity contribution < 1.29 is 4.39 Å². The van der Waals surface area contributed by atoms with Crippen LogP contribution in [0.4, 0.5) is 10.1 Å². The van der Waals surface area contributed by atoms with Crippen LogP contribution >= 0.6 is 15.9 Å². The van der Waals surface area contributed by atoms with Crippen molar-refractivity contribution in [2.24, 2.45) is 5.73 Å². The summed E-state index contributed by atoms with van der Waals surface area (Å²) in [5.74, 6) is -0.340. The van der Waals surface area contributed by atoms with Crippen LogP contribution in [0.3, 0.4) is 0 Å². The standard InChI is InChI=1S/C12H11BrFN3/c13-8-3-7(4-9(14)5-8)12(16)10-6-17-2-1-11(10)15/h1-6,12H,16H2,(H2,15,17). The average Bonchev–Trinajstić information content (AvgIpc) is 2.27. The van der Waals surface area contributed by atoms with Gasteiger partial charge in [0.25, 0.3) is 0 Å². The smallest absolute Gasteiger partial charge is 0.124 e. The monoisotopic (exact) mass is 295 g/mol. The lowest BCUT2D eigenvalue weighted by Crippen LogP contribution is -2.14. The number of pyridine rings is 1. The van der Waals surface area contributed by atoms with E-state index in [2.05, 4.69) is 20.9 Å². The first-order valence-electron chi connectivity index (χ1n) is 4.99. The molecule has 0 bridgehead atoms. The summed E-state index contributed by atoms with van der Waals surface area (Å²) in [6.45, 7) is 0. The summed E-state index contributed by atoms with van der Waals surface area (Å²) in [7, 11) is 0. The van der Waals surface area contributed by atoms with Gasteiger partial charge in [0.1, 0.15) is 5.82 Å². The number of nitrogen functional groups attached to an aromatic ring is 1. The second-order valence-electron chi connectivity index (χ2n) is 3.69. The Labute approximate surface area is 107 Å². The molecule has 0 saturated carbocycles. The van der Waals surface area contributed by atoms with Gasteiger partial charge in [-0.3, -0.25) is 4.98 Å². The number of anilines is 1. The van der Waals surface area contributed by atoms with E-state index >= 15 is 0 Å². The van der Waals surface area contributed by atoms with Crippen molar-refractivity contribution >= 4 is 21.6 Å². The zero-order chi connectivity index (χ0) is 12.4. The summed E-state index contributed by atoms with van der Waals surface area (Å²) in [5.41, 5.74) is 13.7. The van der Waals surface area contributed by atoms with Gasteiger partial charge in [-0.15, -0.1) is 0 Å². The highest BCUT2D eigenvalue weighted by Gasteiger charge is 2.13. The molecule has 1 unspecified atom stereocenters. The van der Waals surface area contributed by atoms with Crippen molar-refractivity contribution in [3.63, 3.8) is 0 Å². The highest BCUT2D eigenvalue weighted by molar-refractivity contribution is 9.10. The third-order valence-electron chi connectivity index (χ3n) is 2.47. The number of nitrogens with zero attached hydrogens (tertiary/aromatic N) is 1. The van der Waals surface area contributed by atoms with Gasteiger partial charge in [-0.05, 0) is 29.8 Å². The van der Waals surface area contributed by atoms with E-state index in [9.17, 15) is 4.39 Å². The van der Waals surface area contributed by atoms with Gasteiger partial charge in [-0.25, -0.2) is 4.39 Å². The summed E-state index contributed by atoms with van der Waals surface area (Å²) >= 11 is 3.23. The SMILES string of the molecule is Nc1ccncc1C(N)c1cc(F)cc(Br)c1. The second kappa shape index (κ2) is 4.81. The first kappa shape index (κ1) is 12.0. The Morgan fingerprint density at radius 2 is 2.06 bits per heavy atom. The molecule has 5 heteroatoms. The van der Waals surface area contributed by atoms with E-state index in [1.165, 1.54) is 12.1 Å². The average molecular weight is 296 g/mol. The van der Waals surface area contributed by atoms with Crippen LogP contribution in [0, 0.1) is 5.82 Å². The molecule has 1 aromatic carbocycles. The molecular formula is C12H11BrFN3. The molecule has 88 valence electrons. The van der Waals surface area contributed by atoms with Gasteiger partial charge in [0.15, 0.2) is 0 Å². The van der Waals surface area contributed by atoms with Crippen molar-refractivity contribution in [1.29, 1.82) is 0 Å². The van der Waals surface area contributed by atoms with Crippen LogP contribution in [0.1, 0.15) is 17.2 Å². The molecule has 0 aliphatic carbocycles. The maximum Gasteiger partial charge on any atom is 0.124 e. The normalized spacial score (nSPS) is 12.4. The maximum absolute atomic E-state index is 13.3. The van der Waals surface area contributed by atoms with Gasteiger partial charge in [-0.2, -0.15) is 0 Å². The quantitative estimate of drug-likeness (QED) is 0.895. The number of nitrogens with two attached hydrogens (primary N) is 2. The van der Waals surface area contributed by atoms with E-state index in [4.69, 9.17) is 11.5 Å². The summed E-state index contributed by atoms with van der Waals surface area (Å²) in [6, 6.07) is 5.71. The Bertz CT molecular complexity index is 525. The summed E-state index contributed by atoms with van der Waals surface area (Å²) in [5, 5.41) is 0. The number of benzene rings is 1. The Hall–Kier alpha value is -1.46. The minimum Gasteiger partial charge on any atom is -0.398 e. The van der Waals surface area contributed by atoms with E-state index < -0.39 is 6.04 Å². The molecule has 0 aliphatic heterocycles. The van der Waals surface area contributed by atoms with Crippen LogP contribution in [0.25, 0.3) is 0 Å². The lowest BCUT2D eigenvalue weighted by molar-refractivity contribution is 0.622. The highest BCUT2D eigenvalue weighted by Crippen LogP contribution is 2.26. The summed E-state index contributed by atoms with van der Waals surface area (Å²) < 4.78 is 13.9. The predicted molar refractivity (Wildman–Crippen MR) is 68.8 cm³/mol. The Kier molecular flexibility index (Phi) is 3.40. The largest absolute Gasteiger partial charge is 0.398 e. The van der Waals surface area contributed by atoms with Gasteiger partial charge >= 0.3 is 0 Å². The van der Waals surface area contributed by atoms with Gasteiger partial charge in [-0.1, -0.05) is 15.9 Å². The molecule has 0 amide bonds. The molecule has 4 N–H and O–H groups in total. The van der Waals surface area contributed by atoms with Crippen molar-refractivity contribution in [2.45, 2.75) is 6.04 Å². The number of hydrogen-bond donors (Lipinski definition) is 2. The fourth-order valence-corrected chi connectivity index (χ4v) is 2.09. The third-order valence-corrected chi connectivity index (χ3v) is 2.92. The number of aromatic nitrogens is 1. The topological polar surface area (TPSA) is 64.9 Å². The molecule has 0 saturated heterocycles. The van der Waals surface area contributed by atoms with E-state index in [1.807, 2.05) is 0 Å². The number of hydrogen-bond acceptors (Lipinski definition) is 3. The van der Waals surface area contributed by atoms with Crippen LogP contribution in [-0.2, 0) is 0 Å². The molecule has 0 spiro atoms. The first-order valence-corrected chi connectivity index (χ1v) is 5.78. The van der Waals surface area contributed by atoms with E-state index in [1.54, 1.807) is 24.5 Å². The molecule has 1 heterocycles. The lowest BCUT2D eigenvalue weighted by atomic mass is 10.00. The molecule has 3 nitrogen and oxygen atoms in total. The third kappa shape index (κ3) is 2.62. The van der Waals surface area contributed by atoms with E-state index in [0.717, 1.165) is 0 Å². The van der Waals surface area contributed by atoms with Crippen molar-refractivity contribution in [1.82, 2.24) is 4.98 Å². The zero-order valence-corrected chi connectivity index (χ0v) is 10.5. The van der Waals surface area contributed by atoms with Gasteiger partial charge < -0.3 is 11.5 Å². The first-order chi connectivity index (χ1) is 8.08. The molecule has 0 radical (unpaired) electrons. The fraction of sp³-hybridized carbons (Fsp3) is 0.0833. The van der Waals surface area contributed by atoms with Crippen LogP contribution < -0.4 is 11.5 Å². The molecule has 2 aromatic rings. The van der Waals surface area contributed by atoms with Crippen LogP contribution in [0.2, 0.25) is 0 Å². The van der Waals surface area contributed by atoms with Crippen molar-refractivity contribution in [3.8, 4) is 0 Å². The molecule has 1 atom stereocenters. The van der Waals surface area contributed by atoms with Gasteiger partial charge in [0.05, 0.1) is 6.04 Å². The molecular weight excluding hydrogens is 285 g/mol. The van der Waals surface area contributed by atoms with Crippen molar-refractivity contribution in [2.75, 3.05) is 5.73 Å². The van der Waals surface area contributed by atoms with E-state index in [0.29, 0.717) is 21.3 Å². The van der Waals surface area contributed by atoms with E-state index in [-0.39, 0.29) is 5.82 Å². The van der Waals surface area contributed by atoms with Crippen LogP contribution in [0.5, 0.6) is 0 Å². The molecule has 1 aromatic heterocycles. The molecule has 0 aliphatic rings. The zero-order valence-electron chi connectivity index (χ0n) is 8.90. The number of halogens is 2. The van der Waals surface area contributed by atoms with Crippen LogP contribution in [-0.4, -0.2) is 4.98 Å². The lowest BCUT2D eigenvalue weighted by Gasteiger charge is -2.14. The minimum atomic E-state index is -0.490.